The number of amides is 1. The molecule has 0 atom stereocenters. The van der Waals surface area contributed by atoms with Crippen molar-refractivity contribution in [1.29, 1.82) is 5.26 Å². The molecular formula is C23H27N5O2. The Kier molecular flexibility index (Phi) is 7.28. The van der Waals surface area contributed by atoms with Crippen LogP contribution in [0.4, 0.5) is 0 Å². The van der Waals surface area contributed by atoms with Crippen LogP contribution in [-0.4, -0.2) is 31.5 Å². The maximum Gasteiger partial charge on any atom is 0.244 e. The molecule has 1 saturated carbocycles. The lowest BCUT2D eigenvalue weighted by atomic mass is 9.68. The molecule has 0 radical (unpaired) electrons. The summed E-state index contributed by atoms with van der Waals surface area (Å²) in [5.74, 6) is 0.373. The largest absolute Gasteiger partial charge is 0.472 e. The first kappa shape index (κ1) is 21.2. The molecule has 0 unspecified atom stereocenters. The van der Waals surface area contributed by atoms with Crippen LogP contribution in [0.25, 0.3) is 6.08 Å². The van der Waals surface area contributed by atoms with Gasteiger partial charge in [0.15, 0.2) is 0 Å². The van der Waals surface area contributed by atoms with Crippen LogP contribution in [0, 0.1) is 11.5 Å². The van der Waals surface area contributed by atoms with E-state index in [9.17, 15) is 4.79 Å². The summed E-state index contributed by atoms with van der Waals surface area (Å²) in [7, 11) is 1.74. The van der Waals surface area contributed by atoms with Crippen molar-refractivity contribution in [3.05, 3.63) is 66.1 Å². The molecule has 0 spiro atoms. The lowest BCUT2D eigenvalue weighted by Crippen LogP contribution is -2.49. The van der Waals surface area contributed by atoms with Gasteiger partial charge in [0.2, 0.25) is 18.1 Å². The van der Waals surface area contributed by atoms with Crippen molar-refractivity contribution in [3.8, 4) is 6.19 Å². The van der Waals surface area contributed by atoms with Crippen LogP contribution in [0.15, 0.2) is 64.4 Å². The lowest BCUT2D eigenvalue weighted by molar-refractivity contribution is -0.116. The first-order chi connectivity index (χ1) is 14.6. The fourth-order valence-corrected chi connectivity index (χ4v) is 3.93. The van der Waals surface area contributed by atoms with E-state index in [1.54, 1.807) is 31.7 Å². The third kappa shape index (κ3) is 5.51. The SMILES string of the molecule is CN/C(=N\C#N)N[C@H]1CC[C@](CNC(=O)/C=C/c2ccoc2)(c2ccccc2)CC1. The van der Waals surface area contributed by atoms with Crippen LogP contribution in [0.3, 0.4) is 0 Å². The number of hydrogen-bond acceptors (Lipinski definition) is 4. The molecule has 1 aromatic carbocycles. The van der Waals surface area contributed by atoms with Crippen LogP contribution >= 0.6 is 0 Å². The van der Waals surface area contributed by atoms with Crippen molar-refractivity contribution >= 4 is 17.9 Å². The van der Waals surface area contributed by atoms with Crippen LogP contribution < -0.4 is 16.0 Å². The Morgan fingerprint density at radius 3 is 2.70 bits per heavy atom. The standard InChI is InChI=1S/C23H27N5O2/c1-25-22(27-17-24)28-20-9-12-23(13-10-20,19-5-3-2-4-6-19)16-26-21(29)8-7-18-11-14-30-15-18/h2-8,11,14-15,20H,9-10,12-13,16H2,1H3,(H,26,29)(H2,25,27,28)/b8-7+/t20-,23-. The molecule has 1 amide bonds. The molecule has 30 heavy (non-hydrogen) atoms. The molecule has 1 fully saturated rings. The molecule has 0 aliphatic heterocycles. The van der Waals surface area contributed by atoms with E-state index < -0.39 is 0 Å². The van der Waals surface area contributed by atoms with Gasteiger partial charge < -0.3 is 20.4 Å². The second-order valence-corrected chi connectivity index (χ2v) is 7.48. The van der Waals surface area contributed by atoms with Gasteiger partial charge in [-0.2, -0.15) is 5.26 Å². The first-order valence-corrected chi connectivity index (χ1v) is 10.1. The van der Waals surface area contributed by atoms with Gasteiger partial charge in [0, 0.05) is 36.7 Å². The van der Waals surface area contributed by atoms with Gasteiger partial charge in [-0.15, -0.1) is 4.99 Å². The number of nitrogens with zero attached hydrogens (tertiary/aromatic N) is 2. The topological polar surface area (TPSA) is 102 Å². The van der Waals surface area contributed by atoms with Gasteiger partial charge >= 0.3 is 0 Å². The quantitative estimate of drug-likeness (QED) is 0.297. The molecule has 3 rings (SSSR count). The highest BCUT2D eigenvalue weighted by atomic mass is 16.3. The van der Waals surface area contributed by atoms with Crippen LogP contribution in [-0.2, 0) is 10.2 Å². The van der Waals surface area contributed by atoms with Crippen molar-refractivity contribution in [2.75, 3.05) is 13.6 Å². The second kappa shape index (κ2) is 10.3. The van der Waals surface area contributed by atoms with E-state index in [-0.39, 0.29) is 17.4 Å². The lowest BCUT2D eigenvalue weighted by Gasteiger charge is -2.41. The van der Waals surface area contributed by atoms with E-state index in [1.807, 2.05) is 24.4 Å². The zero-order valence-corrected chi connectivity index (χ0v) is 17.1. The minimum atomic E-state index is -0.120. The van der Waals surface area contributed by atoms with Gasteiger partial charge in [0.05, 0.1) is 12.5 Å². The molecule has 2 aromatic rings. The Labute approximate surface area is 176 Å². The average molecular weight is 406 g/mol. The number of furan rings is 1. The van der Waals surface area contributed by atoms with E-state index >= 15 is 0 Å². The van der Waals surface area contributed by atoms with E-state index in [2.05, 4.69) is 33.1 Å². The predicted molar refractivity (Wildman–Crippen MR) is 116 cm³/mol. The Morgan fingerprint density at radius 2 is 2.07 bits per heavy atom. The third-order valence-electron chi connectivity index (χ3n) is 5.64. The van der Waals surface area contributed by atoms with Gasteiger partial charge in [-0.3, -0.25) is 4.79 Å². The number of nitrogens with one attached hydrogen (secondary N) is 3. The Balaban J connectivity index is 1.66. The number of rotatable bonds is 6. The molecule has 1 heterocycles. The fraction of sp³-hybridized carbons (Fsp3) is 0.348. The fourth-order valence-electron chi connectivity index (χ4n) is 3.93. The van der Waals surface area contributed by atoms with Gasteiger partial charge in [0.1, 0.15) is 0 Å². The number of carbonyl (C=O) groups excluding carboxylic acids is 1. The third-order valence-corrected chi connectivity index (χ3v) is 5.64. The summed E-state index contributed by atoms with van der Waals surface area (Å²) < 4.78 is 5.02. The molecule has 3 N–H and O–H groups in total. The Morgan fingerprint density at radius 1 is 1.30 bits per heavy atom. The summed E-state index contributed by atoms with van der Waals surface area (Å²) in [5, 5.41) is 18.1. The number of hydrogen-bond donors (Lipinski definition) is 3. The number of aliphatic imine (C=N–C) groups is 1. The molecule has 0 saturated heterocycles. The molecule has 1 aliphatic carbocycles. The predicted octanol–water partition coefficient (Wildman–Crippen LogP) is 2.94. The maximum absolute atomic E-state index is 12.4. The zero-order chi connectivity index (χ0) is 21.2. The average Bonchev–Trinajstić information content (AvgIpc) is 3.31. The van der Waals surface area contributed by atoms with Crippen molar-refractivity contribution in [3.63, 3.8) is 0 Å². The number of guanidine groups is 1. The van der Waals surface area contributed by atoms with E-state index in [0.717, 1.165) is 31.2 Å². The number of benzene rings is 1. The Hall–Kier alpha value is -3.53. The molecule has 1 aromatic heterocycles. The second-order valence-electron chi connectivity index (χ2n) is 7.48. The van der Waals surface area contributed by atoms with Crippen molar-refractivity contribution < 1.29 is 9.21 Å². The van der Waals surface area contributed by atoms with Crippen LogP contribution in [0.1, 0.15) is 36.8 Å². The minimum absolute atomic E-state index is 0.120. The van der Waals surface area contributed by atoms with Gasteiger partial charge in [0.25, 0.3) is 0 Å². The molecule has 7 nitrogen and oxygen atoms in total. The van der Waals surface area contributed by atoms with Gasteiger partial charge in [-0.05, 0) is 43.4 Å². The van der Waals surface area contributed by atoms with Gasteiger partial charge in [-0.1, -0.05) is 30.3 Å². The number of nitriles is 1. The maximum atomic E-state index is 12.4. The zero-order valence-electron chi connectivity index (χ0n) is 17.1. The summed E-state index contributed by atoms with van der Waals surface area (Å²) in [5.41, 5.74) is 1.97. The summed E-state index contributed by atoms with van der Waals surface area (Å²) in [4.78, 5) is 16.1. The monoisotopic (exact) mass is 405 g/mol. The van der Waals surface area contributed by atoms with Gasteiger partial charge in [-0.25, -0.2) is 0 Å². The van der Waals surface area contributed by atoms with E-state index in [4.69, 9.17) is 9.68 Å². The highest BCUT2D eigenvalue weighted by Crippen LogP contribution is 2.39. The van der Waals surface area contributed by atoms with E-state index in [0.29, 0.717) is 12.5 Å². The summed E-state index contributed by atoms with van der Waals surface area (Å²) in [6.07, 6.45) is 11.9. The molecule has 1 aliphatic rings. The van der Waals surface area contributed by atoms with Crippen molar-refractivity contribution in [2.45, 2.75) is 37.1 Å². The molecular weight excluding hydrogens is 378 g/mol. The molecule has 156 valence electrons. The minimum Gasteiger partial charge on any atom is -0.472 e. The summed E-state index contributed by atoms with van der Waals surface area (Å²) >= 11 is 0. The normalized spacial score (nSPS) is 21.7. The van der Waals surface area contributed by atoms with Crippen LogP contribution in [0.5, 0.6) is 0 Å². The van der Waals surface area contributed by atoms with Crippen LogP contribution in [0.2, 0.25) is 0 Å². The van der Waals surface area contributed by atoms with Crippen molar-refractivity contribution in [2.24, 2.45) is 4.99 Å². The van der Waals surface area contributed by atoms with E-state index in [1.165, 1.54) is 11.6 Å². The highest BCUT2D eigenvalue weighted by molar-refractivity contribution is 5.91. The summed E-state index contributed by atoms with van der Waals surface area (Å²) in [6.45, 7) is 0.573. The smallest absolute Gasteiger partial charge is 0.244 e. The summed E-state index contributed by atoms with van der Waals surface area (Å²) in [6, 6.07) is 12.4. The molecule has 7 heteroatoms. The first-order valence-electron chi connectivity index (χ1n) is 10.1. The Bertz CT molecular complexity index is 905. The number of carbonyl (C=O) groups is 1. The van der Waals surface area contributed by atoms with Crippen molar-refractivity contribution in [1.82, 2.24) is 16.0 Å². The molecule has 0 bridgehead atoms. The highest BCUT2D eigenvalue weighted by Gasteiger charge is 2.37.